The van der Waals surface area contributed by atoms with Crippen molar-refractivity contribution in [1.82, 2.24) is 0 Å². The molecular formula is C17H30Si. The van der Waals surface area contributed by atoms with Crippen molar-refractivity contribution in [1.29, 1.82) is 0 Å². The van der Waals surface area contributed by atoms with Gasteiger partial charge in [-0.2, -0.15) is 0 Å². The Kier molecular flexibility index (Phi) is 3.66. The lowest BCUT2D eigenvalue weighted by atomic mass is 9.73. The predicted molar refractivity (Wildman–Crippen MR) is 84.5 cm³/mol. The van der Waals surface area contributed by atoms with Crippen molar-refractivity contribution in [2.24, 2.45) is 23.7 Å². The molecule has 2 aliphatic rings. The van der Waals surface area contributed by atoms with Gasteiger partial charge in [-0.1, -0.05) is 55.4 Å². The van der Waals surface area contributed by atoms with Gasteiger partial charge in [0, 0.05) is 8.07 Å². The summed E-state index contributed by atoms with van der Waals surface area (Å²) in [5, 5.41) is 0. The molecule has 4 atom stereocenters. The number of hydrogen-bond donors (Lipinski definition) is 0. The fraction of sp³-hybridized carbons (Fsp3) is 0.765. The molecule has 0 N–H and O–H groups in total. The summed E-state index contributed by atoms with van der Waals surface area (Å²) in [7, 11) is -0.940. The highest BCUT2D eigenvalue weighted by Crippen LogP contribution is 2.53. The first-order valence-corrected chi connectivity index (χ1v) is 11.3. The second-order valence-electron chi connectivity index (χ2n) is 8.04. The first-order valence-electron chi connectivity index (χ1n) is 7.56. The van der Waals surface area contributed by atoms with Crippen molar-refractivity contribution in [3.05, 3.63) is 22.8 Å². The van der Waals surface area contributed by atoms with E-state index in [1.165, 1.54) is 18.0 Å². The van der Waals surface area contributed by atoms with Gasteiger partial charge in [-0.3, -0.25) is 0 Å². The largest absolute Gasteiger partial charge is 0.0695 e. The molecule has 0 nitrogen and oxygen atoms in total. The van der Waals surface area contributed by atoms with Crippen LogP contribution in [0.1, 0.15) is 34.1 Å². The molecule has 0 saturated heterocycles. The molecule has 0 radical (unpaired) electrons. The van der Waals surface area contributed by atoms with Gasteiger partial charge in [-0.15, -0.1) is 0 Å². The fourth-order valence-electron chi connectivity index (χ4n) is 4.58. The van der Waals surface area contributed by atoms with Crippen molar-refractivity contribution in [3.8, 4) is 0 Å². The van der Waals surface area contributed by atoms with Gasteiger partial charge < -0.3 is 0 Å². The molecule has 0 aliphatic heterocycles. The van der Waals surface area contributed by atoms with E-state index in [-0.39, 0.29) is 0 Å². The summed E-state index contributed by atoms with van der Waals surface area (Å²) in [6.45, 7) is 17.1. The van der Waals surface area contributed by atoms with E-state index >= 15 is 0 Å². The number of hydrogen-bond acceptors (Lipinski definition) is 0. The van der Waals surface area contributed by atoms with E-state index in [0.717, 1.165) is 23.7 Å². The average molecular weight is 263 g/mol. The van der Waals surface area contributed by atoms with Gasteiger partial charge in [0.15, 0.2) is 0 Å². The Labute approximate surface area is 115 Å². The van der Waals surface area contributed by atoms with Gasteiger partial charge in [0.25, 0.3) is 0 Å². The molecule has 0 bridgehead atoms. The number of fused-ring (bicyclic) bond motifs is 1. The lowest BCUT2D eigenvalue weighted by molar-refractivity contribution is 0.382. The number of allylic oxidation sites excluding steroid dienone is 4. The molecule has 2 aliphatic carbocycles. The van der Waals surface area contributed by atoms with Crippen LogP contribution in [0.2, 0.25) is 25.7 Å². The zero-order valence-electron chi connectivity index (χ0n) is 13.3. The van der Waals surface area contributed by atoms with E-state index in [1.807, 2.05) is 0 Å². The Bertz CT molecular complexity index is 394. The molecule has 1 fully saturated rings. The summed E-state index contributed by atoms with van der Waals surface area (Å²) in [6, 6.07) is 1.51. The zero-order valence-corrected chi connectivity index (χ0v) is 14.3. The molecule has 0 spiro atoms. The second kappa shape index (κ2) is 4.66. The van der Waals surface area contributed by atoms with E-state index in [4.69, 9.17) is 0 Å². The number of rotatable bonds is 2. The summed E-state index contributed by atoms with van der Waals surface area (Å²) in [5.41, 5.74) is 4.88. The highest BCUT2D eigenvalue weighted by atomic mass is 28.3. The van der Waals surface area contributed by atoms with Gasteiger partial charge in [0.1, 0.15) is 0 Å². The van der Waals surface area contributed by atoms with Gasteiger partial charge in [-0.05, 0) is 50.9 Å². The fourth-order valence-corrected chi connectivity index (χ4v) is 6.57. The van der Waals surface area contributed by atoms with Crippen LogP contribution in [-0.2, 0) is 0 Å². The smallest absolute Gasteiger partial charge is 0.0445 e. The lowest BCUT2D eigenvalue weighted by Gasteiger charge is -2.34. The third kappa shape index (κ3) is 2.52. The van der Waals surface area contributed by atoms with E-state index in [2.05, 4.69) is 53.4 Å². The van der Waals surface area contributed by atoms with Crippen LogP contribution in [0.5, 0.6) is 0 Å². The quantitative estimate of drug-likeness (QED) is 0.576. The normalized spacial score (nSPS) is 36.7. The summed E-state index contributed by atoms with van der Waals surface area (Å²) in [5.74, 6) is 3.54. The molecule has 0 aromatic carbocycles. The molecule has 0 heterocycles. The van der Waals surface area contributed by atoms with Crippen LogP contribution < -0.4 is 0 Å². The third-order valence-corrected chi connectivity index (χ3v) is 6.90. The van der Waals surface area contributed by atoms with Gasteiger partial charge in [0.05, 0.1) is 0 Å². The van der Waals surface area contributed by atoms with Gasteiger partial charge in [0.2, 0.25) is 0 Å². The first kappa shape index (κ1) is 14.1. The molecule has 1 saturated carbocycles. The van der Waals surface area contributed by atoms with Crippen molar-refractivity contribution in [2.75, 3.05) is 0 Å². The van der Waals surface area contributed by atoms with Crippen LogP contribution in [0.4, 0.5) is 0 Å². The van der Waals surface area contributed by atoms with Gasteiger partial charge in [-0.25, -0.2) is 0 Å². The van der Waals surface area contributed by atoms with Crippen LogP contribution >= 0.6 is 0 Å². The van der Waals surface area contributed by atoms with Crippen LogP contribution in [-0.4, -0.2) is 8.07 Å². The maximum absolute atomic E-state index is 2.53. The molecule has 18 heavy (non-hydrogen) atoms. The van der Waals surface area contributed by atoms with Crippen molar-refractivity contribution in [2.45, 2.75) is 59.8 Å². The van der Waals surface area contributed by atoms with E-state index in [1.54, 1.807) is 11.1 Å². The topological polar surface area (TPSA) is 0 Å². The summed E-state index contributed by atoms with van der Waals surface area (Å²) >= 11 is 0. The first-order chi connectivity index (χ1) is 8.20. The van der Waals surface area contributed by atoms with Crippen LogP contribution in [0, 0.1) is 23.7 Å². The van der Waals surface area contributed by atoms with Crippen LogP contribution in [0.3, 0.4) is 0 Å². The van der Waals surface area contributed by atoms with Crippen LogP contribution in [0.15, 0.2) is 22.8 Å². The standard InChI is InChI=1S/C17H30Si/c1-11-8-12(2)17-15(10-18(5,6)7)9-13(3)16(17)14(11)4/h8,13,15-17H,9-10H2,1-7H3. The van der Waals surface area contributed by atoms with E-state index in [9.17, 15) is 0 Å². The van der Waals surface area contributed by atoms with Crippen molar-refractivity contribution >= 4 is 8.07 Å². The molecule has 4 unspecified atom stereocenters. The van der Waals surface area contributed by atoms with Crippen LogP contribution in [0.25, 0.3) is 0 Å². The molecule has 2 rings (SSSR count). The predicted octanol–water partition coefficient (Wildman–Crippen LogP) is 5.51. The molecule has 0 aromatic heterocycles. The lowest BCUT2D eigenvalue weighted by Crippen LogP contribution is -2.29. The van der Waals surface area contributed by atoms with E-state index < -0.39 is 8.07 Å². The monoisotopic (exact) mass is 262 g/mol. The van der Waals surface area contributed by atoms with Crippen molar-refractivity contribution in [3.63, 3.8) is 0 Å². The Balaban J connectivity index is 2.29. The summed E-state index contributed by atoms with van der Waals surface area (Å²) < 4.78 is 0. The minimum Gasteiger partial charge on any atom is -0.0695 e. The third-order valence-electron chi connectivity index (χ3n) is 5.15. The molecule has 0 amide bonds. The van der Waals surface area contributed by atoms with Gasteiger partial charge >= 0.3 is 0 Å². The molecular weight excluding hydrogens is 232 g/mol. The zero-order chi connectivity index (χ0) is 13.7. The highest BCUT2D eigenvalue weighted by Gasteiger charge is 2.45. The Morgan fingerprint density at radius 3 is 2.28 bits per heavy atom. The minimum absolute atomic E-state index is 0.844. The minimum atomic E-state index is -0.940. The summed E-state index contributed by atoms with van der Waals surface area (Å²) in [4.78, 5) is 0. The SMILES string of the molecule is CC1=CC(C)=C(C)C2C(C)CC(C[Si](C)(C)C)C12. The Morgan fingerprint density at radius 2 is 1.72 bits per heavy atom. The molecule has 0 aromatic rings. The maximum Gasteiger partial charge on any atom is 0.0445 e. The molecule has 1 heteroatoms. The summed E-state index contributed by atoms with van der Waals surface area (Å²) in [6.07, 6.45) is 3.92. The maximum atomic E-state index is 2.53. The Hall–Kier alpha value is -0.303. The average Bonchev–Trinajstić information content (AvgIpc) is 2.49. The second-order valence-corrected chi connectivity index (χ2v) is 13.6. The van der Waals surface area contributed by atoms with E-state index in [0.29, 0.717) is 0 Å². The highest BCUT2D eigenvalue weighted by molar-refractivity contribution is 6.76. The molecule has 102 valence electrons. The Morgan fingerprint density at radius 1 is 1.11 bits per heavy atom. The van der Waals surface area contributed by atoms with Crippen molar-refractivity contribution < 1.29 is 0 Å².